The second-order valence-corrected chi connectivity index (χ2v) is 4.84. The van der Waals surface area contributed by atoms with Gasteiger partial charge >= 0.3 is 0 Å². The molecule has 0 fully saturated rings. The summed E-state index contributed by atoms with van der Waals surface area (Å²) in [6, 6.07) is 7.92. The maximum absolute atomic E-state index is 5.74. The van der Waals surface area contributed by atoms with Crippen molar-refractivity contribution in [2.75, 3.05) is 0 Å². The third-order valence-corrected chi connectivity index (χ3v) is 3.46. The van der Waals surface area contributed by atoms with E-state index in [1.807, 2.05) is 12.1 Å². The molecule has 3 N–H and O–H groups in total. The van der Waals surface area contributed by atoms with Gasteiger partial charge in [-0.3, -0.25) is 11.3 Å². The molecular weight excluding hydrogens is 242 g/mol. The van der Waals surface area contributed by atoms with Gasteiger partial charge in [0.1, 0.15) is 5.15 Å². The number of nitrogens with one attached hydrogen (secondary N) is 1. The lowest BCUT2D eigenvalue weighted by molar-refractivity contribution is 0.554. The molecular formula is C11H12ClN3S. The lowest BCUT2D eigenvalue weighted by atomic mass is 10.1. The van der Waals surface area contributed by atoms with E-state index in [1.165, 1.54) is 4.88 Å². The van der Waals surface area contributed by atoms with Gasteiger partial charge in [0.2, 0.25) is 0 Å². The van der Waals surface area contributed by atoms with Gasteiger partial charge in [0, 0.05) is 17.5 Å². The van der Waals surface area contributed by atoms with Gasteiger partial charge in [-0.15, -0.1) is 11.3 Å². The molecule has 2 heterocycles. The highest BCUT2D eigenvalue weighted by Crippen LogP contribution is 2.20. The molecule has 2 rings (SSSR count). The van der Waals surface area contributed by atoms with Gasteiger partial charge in [-0.2, -0.15) is 0 Å². The van der Waals surface area contributed by atoms with Gasteiger partial charge < -0.3 is 0 Å². The van der Waals surface area contributed by atoms with Crippen LogP contribution in [0.3, 0.4) is 0 Å². The van der Waals surface area contributed by atoms with Crippen LogP contribution in [0.1, 0.15) is 16.5 Å². The highest BCUT2D eigenvalue weighted by Gasteiger charge is 2.11. The third-order valence-electron chi connectivity index (χ3n) is 2.34. The second kappa shape index (κ2) is 5.41. The van der Waals surface area contributed by atoms with E-state index in [9.17, 15) is 0 Å². The Morgan fingerprint density at radius 3 is 2.88 bits per heavy atom. The zero-order valence-electron chi connectivity index (χ0n) is 8.56. The molecule has 5 heteroatoms. The van der Waals surface area contributed by atoms with Gasteiger partial charge in [-0.05, 0) is 23.1 Å². The van der Waals surface area contributed by atoms with Crippen LogP contribution in [0.2, 0.25) is 5.15 Å². The molecule has 0 spiro atoms. The van der Waals surface area contributed by atoms with Crippen LogP contribution in [0.5, 0.6) is 0 Å². The first-order chi connectivity index (χ1) is 7.79. The van der Waals surface area contributed by atoms with Crippen molar-refractivity contribution in [3.05, 3.63) is 51.4 Å². The van der Waals surface area contributed by atoms with Gasteiger partial charge in [0.25, 0.3) is 0 Å². The summed E-state index contributed by atoms with van der Waals surface area (Å²) >= 11 is 7.46. The Labute approximate surface area is 103 Å². The fourth-order valence-corrected chi connectivity index (χ4v) is 2.36. The summed E-state index contributed by atoms with van der Waals surface area (Å²) < 4.78 is 0. The predicted octanol–water partition coefficient (Wildman–Crippen LogP) is 2.54. The average Bonchev–Trinajstić information content (AvgIpc) is 2.80. The first-order valence-corrected chi connectivity index (χ1v) is 6.15. The molecule has 0 aromatic carbocycles. The number of pyridine rings is 1. The minimum Gasteiger partial charge on any atom is -0.271 e. The maximum atomic E-state index is 5.74. The summed E-state index contributed by atoms with van der Waals surface area (Å²) in [5.41, 5.74) is 3.84. The fourth-order valence-electron chi connectivity index (χ4n) is 1.50. The number of nitrogens with zero attached hydrogens (tertiary/aromatic N) is 1. The Bertz CT molecular complexity index is 427. The normalized spacial score (nSPS) is 12.6. The van der Waals surface area contributed by atoms with E-state index in [0.29, 0.717) is 5.15 Å². The maximum Gasteiger partial charge on any atom is 0.129 e. The lowest BCUT2D eigenvalue weighted by Crippen LogP contribution is -2.29. The van der Waals surface area contributed by atoms with Crippen LogP contribution >= 0.6 is 22.9 Å². The van der Waals surface area contributed by atoms with Crippen molar-refractivity contribution in [3.63, 3.8) is 0 Å². The summed E-state index contributed by atoms with van der Waals surface area (Å²) in [6.45, 7) is 0. The smallest absolute Gasteiger partial charge is 0.129 e. The number of thiophene rings is 1. The molecule has 0 radical (unpaired) electrons. The zero-order chi connectivity index (χ0) is 11.4. The zero-order valence-corrected chi connectivity index (χ0v) is 10.1. The van der Waals surface area contributed by atoms with Crippen molar-refractivity contribution in [2.24, 2.45) is 5.84 Å². The lowest BCUT2D eigenvalue weighted by Gasteiger charge is -2.14. The van der Waals surface area contributed by atoms with E-state index in [2.05, 4.69) is 21.9 Å². The van der Waals surface area contributed by atoms with Gasteiger partial charge in [0.15, 0.2) is 0 Å². The molecule has 0 amide bonds. The molecule has 0 saturated carbocycles. The van der Waals surface area contributed by atoms with Gasteiger partial charge in [0.05, 0.1) is 6.04 Å². The van der Waals surface area contributed by atoms with Gasteiger partial charge in [-0.1, -0.05) is 23.7 Å². The summed E-state index contributed by atoms with van der Waals surface area (Å²) in [7, 11) is 0. The van der Waals surface area contributed by atoms with Gasteiger partial charge in [-0.25, -0.2) is 4.98 Å². The van der Waals surface area contributed by atoms with Crippen molar-refractivity contribution in [1.29, 1.82) is 0 Å². The SMILES string of the molecule is NNC(Cc1cccs1)c1ccc(Cl)nc1. The first-order valence-electron chi connectivity index (χ1n) is 4.89. The van der Waals surface area contributed by atoms with Crippen LogP contribution in [-0.2, 0) is 6.42 Å². The van der Waals surface area contributed by atoms with Crippen molar-refractivity contribution in [2.45, 2.75) is 12.5 Å². The number of halogens is 1. The molecule has 1 unspecified atom stereocenters. The summed E-state index contributed by atoms with van der Waals surface area (Å²) in [6.07, 6.45) is 2.61. The summed E-state index contributed by atoms with van der Waals surface area (Å²) in [4.78, 5) is 5.34. The molecule has 0 saturated heterocycles. The molecule has 3 nitrogen and oxygen atoms in total. The van der Waals surface area contributed by atoms with Crippen molar-refractivity contribution < 1.29 is 0 Å². The van der Waals surface area contributed by atoms with E-state index in [0.717, 1.165) is 12.0 Å². The second-order valence-electron chi connectivity index (χ2n) is 3.42. The summed E-state index contributed by atoms with van der Waals surface area (Å²) in [5.74, 6) is 5.55. The number of hydrogen-bond donors (Lipinski definition) is 2. The standard InChI is InChI=1S/C11H12ClN3S/c12-11-4-3-8(7-14-11)10(15-13)6-9-2-1-5-16-9/h1-5,7,10,15H,6,13H2. The Morgan fingerprint density at radius 2 is 2.31 bits per heavy atom. The number of aromatic nitrogens is 1. The molecule has 0 bridgehead atoms. The monoisotopic (exact) mass is 253 g/mol. The van der Waals surface area contributed by atoms with Crippen LogP contribution in [0.4, 0.5) is 0 Å². The Morgan fingerprint density at radius 1 is 1.44 bits per heavy atom. The van der Waals surface area contributed by atoms with E-state index < -0.39 is 0 Å². The van der Waals surface area contributed by atoms with Crippen molar-refractivity contribution in [1.82, 2.24) is 10.4 Å². The number of nitrogens with two attached hydrogens (primary N) is 1. The topological polar surface area (TPSA) is 50.9 Å². The molecule has 0 aliphatic heterocycles. The Kier molecular flexibility index (Phi) is 3.90. The van der Waals surface area contributed by atoms with Crippen molar-refractivity contribution in [3.8, 4) is 0 Å². The van der Waals surface area contributed by atoms with Crippen LogP contribution in [0.25, 0.3) is 0 Å². The van der Waals surface area contributed by atoms with Crippen LogP contribution in [0, 0.1) is 0 Å². The molecule has 16 heavy (non-hydrogen) atoms. The van der Waals surface area contributed by atoms with E-state index >= 15 is 0 Å². The van der Waals surface area contributed by atoms with Crippen LogP contribution in [0.15, 0.2) is 35.8 Å². The number of hydrogen-bond acceptors (Lipinski definition) is 4. The first kappa shape index (κ1) is 11.5. The molecule has 0 aliphatic carbocycles. The fraction of sp³-hybridized carbons (Fsp3) is 0.182. The van der Waals surface area contributed by atoms with E-state index in [-0.39, 0.29) is 6.04 Å². The number of hydrazine groups is 1. The van der Waals surface area contributed by atoms with E-state index in [1.54, 1.807) is 23.6 Å². The highest BCUT2D eigenvalue weighted by molar-refractivity contribution is 7.09. The predicted molar refractivity (Wildman–Crippen MR) is 67.3 cm³/mol. The Hall–Kier alpha value is -0.940. The van der Waals surface area contributed by atoms with Crippen LogP contribution in [-0.4, -0.2) is 4.98 Å². The molecule has 0 aliphatic rings. The molecule has 2 aromatic heterocycles. The van der Waals surface area contributed by atoms with E-state index in [4.69, 9.17) is 17.4 Å². The number of rotatable bonds is 4. The van der Waals surface area contributed by atoms with Crippen LogP contribution < -0.4 is 11.3 Å². The average molecular weight is 254 g/mol. The minimum atomic E-state index is 0.0726. The summed E-state index contributed by atoms with van der Waals surface area (Å²) in [5, 5.41) is 2.55. The molecule has 1 atom stereocenters. The molecule has 2 aromatic rings. The molecule has 84 valence electrons. The highest BCUT2D eigenvalue weighted by atomic mass is 35.5. The largest absolute Gasteiger partial charge is 0.271 e. The quantitative estimate of drug-likeness (QED) is 0.500. The Balaban J connectivity index is 2.13. The third kappa shape index (κ3) is 2.80. The van der Waals surface area contributed by atoms with Crippen molar-refractivity contribution >= 4 is 22.9 Å². The minimum absolute atomic E-state index is 0.0726.